The molecule has 36 heavy (non-hydrogen) atoms. The standard InChI is InChI=1S/C35H27N/c1-35(2)30-20-8-7-18-28(30)29-19-11-23-33(34(29)35)36(31-21-9-14-24-12-3-5-16-26(24)31)32-22-10-15-25-13-4-6-17-27(25)32/h3-23H,1-2H3. The van der Waals surface area contributed by atoms with Gasteiger partial charge in [-0.1, -0.05) is 123 Å². The summed E-state index contributed by atoms with van der Waals surface area (Å²) in [6, 6.07) is 46.4. The zero-order valence-electron chi connectivity index (χ0n) is 20.6. The number of benzene rings is 6. The summed E-state index contributed by atoms with van der Waals surface area (Å²) >= 11 is 0. The summed E-state index contributed by atoms with van der Waals surface area (Å²) in [6.07, 6.45) is 0. The Kier molecular flexibility index (Phi) is 4.56. The lowest BCUT2D eigenvalue weighted by Crippen LogP contribution is -2.21. The lowest BCUT2D eigenvalue weighted by Gasteiger charge is -2.33. The molecule has 6 aromatic carbocycles. The first-order valence-electron chi connectivity index (χ1n) is 12.6. The van der Waals surface area contributed by atoms with Gasteiger partial charge in [-0.05, 0) is 51.2 Å². The van der Waals surface area contributed by atoms with Crippen LogP contribution >= 0.6 is 0 Å². The number of rotatable bonds is 3. The number of hydrogen-bond donors (Lipinski definition) is 0. The molecule has 0 spiro atoms. The third kappa shape index (κ3) is 2.96. The maximum absolute atomic E-state index is 2.50. The second kappa shape index (κ2) is 7.83. The van der Waals surface area contributed by atoms with Crippen LogP contribution in [0.25, 0.3) is 32.7 Å². The van der Waals surface area contributed by atoms with Crippen LogP contribution in [0.5, 0.6) is 0 Å². The number of fused-ring (bicyclic) bond motifs is 5. The van der Waals surface area contributed by atoms with Crippen molar-refractivity contribution in [2.45, 2.75) is 19.3 Å². The van der Waals surface area contributed by atoms with E-state index in [2.05, 4.69) is 146 Å². The predicted molar refractivity (Wildman–Crippen MR) is 154 cm³/mol. The molecule has 172 valence electrons. The number of nitrogens with zero attached hydrogens (tertiary/aromatic N) is 1. The summed E-state index contributed by atoms with van der Waals surface area (Å²) in [5.74, 6) is 0. The molecule has 0 unspecified atom stereocenters. The summed E-state index contributed by atoms with van der Waals surface area (Å²) in [6.45, 7) is 4.73. The Hall–Kier alpha value is -4.36. The van der Waals surface area contributed by atoms with Crippen LogP contribution in [0.2, 0.25) is 0 Å². The zero-order valence-corrected chi connectivity index (χ0v) is 20.6. The molecule has 0 heterocycles. The fourth-order valence-corrected chi connectivity index (χ4v) is 6.20. The first-order chi connectivity index (χ1) is 17.6. The van der Waals surface area contributed by atoms with E-state index in [1.54, 1.807) is 0 Å². The summed E-state index contributed by atoms with van der Waals surface area (Å²) in [5, 5.41) is 4.99. The van der Waals surface area contributed by atoms with Crippen LogP contribution in [0.4, 0.5) is 17.1 Å². The van der Waals surface area contributed by atoms with E-state index >= 15 is 0 Å². The van der Waals surface area contributed by atoms with E-state index in [9.17, 15) is 0 Å². The molecule has 0 N–H and O–H groups in total. The molecule has 0 atom stereocenters. The Morgan fingerprint density at radius 1 is 0.444 bits per heavy atom. The monoisotopic (exact) mass is 461 g/mol. The highest BCUT2D eigenvalue weighted by Crippen LogP contribution is 2.55. The average molecular weight is 462 g/mol. The van der Waals surface area contributed by atoms with E-state index in [1.165, 1.54) is 60.9 Å². The summed E-state index contributed by atoms with van der Waals surface area (Å²) in [4.78, 5) is 2.50. The molecule has 0 bridgehead atoms. The summed E-state index contributed by atoms with van der Waals surface area (Å²) in [5.41, 5.74) is 8.97. The van der Waals surface area contributed by atoms with Crippen LogP contribution < -0.4 is 4.90 Å². The molecule has 1 aliphatic carbocycles. The molecule has 0 aliphatic heterocycles. The molecule has 1 nitrogen and oxygen atoms in total. The van der Waals surface area contributed by atoms with Crippen molar-refractivity contribution in [3.63, 3.8) is 0 Å². The van der Waals surface area contributed by atoms with Crippen molar-refractivity contribution < 1.29 is 0 Å². The van der Waals surface area contributed by atoms with Crippen LogP contribution in [0.3, 0.4) is 0 Å². The maximum atomic E-state index is 2.50. The van der Waals surface area contributed by atoms with Gasteiger partial charge < -0.3 is 4.90 Å². The van der Waals surface area contributed by atoms with Crippen LogP contribution in [-0.4, -0.2) is 0 Å². The van der Waals surface area contributed by atoms with Crippen LogP contribution in [0.15, 0.2) is 127 Å². The van der Waals surface area contributed by atoms with Crippen molar-refractivity contribution in [2.75, 3.05) is 4.90 Å². The lowest BCUT2D eigenvalue weighted by atomic mass is 9.81. The van der Waals surface area contributed by atoms with E-state index in [0.29, 0.717) is 0 Å². The van der Waals surface area contributed by atoms with Gasteiger partial charge in [-0.3, -0.25) is 0 Å². The molecule has 0 amide bonds. The minimum Gasteiger partial charge on any atom is -0.309 e. The summed E-state index contributed by atoms with van der Waals surface area (Å²) < 4.78 is 0. The third-order valence-electron chi connectivity index (χ3n) is 7.81. The quantitative estimate of drug-likeness (QED) is 0.253. The van der Waals surface area contributed by atoms with Crippen molar-refractivity contribution >= 4 is 38.6 Å². The minimum absolute atomic E-state index is 0.115. The average Bonchev–Trinajstić information content (AvgIpc) is 3.16. The van der Waals surface area contributed by atoms with Gasteiger partial charge in [0.2, 0.25) is 0 Å². The van der Waals surface area contributed by atoms with Gasteiger partial charge in [0.05, 0.1) is 17.1 Å². The molecule has 0 saturated carbocycles. The highest BCUT2D eigenvalue weighted by Gasteiger charge is 2.38. The molecular weight excluding hydrogens is 434 g/mol. The molecule has 1 heteroatoms. The fourth-order valence-electron chi connectivity index (χ4n) is 6.20. The van der Waals surface area contributed by atoms with E-state index in [4.69, 9.17) is 0 Å². The Bertz CT molecular complexity index is 1690. The van der Waals surface area contributed by atoms with Crippen LogP contribution in [-0.2, 0) is 5.41 Å². The Morgan fingerprint density at radius 3 is 1.58 bits per heavy atom. The van der Waals surface area contributed by atoms with Gasteiger partial charge in [0, 0.05) is 16.2 Å². The number of hydrogen-bond acceptors (Lipinski definition) is 1. The van der Waals surface area contributed by atoms with Crippen molar-refractivity contribution in [1.82, 2.24) is 0 Å². The largest absolute Gasteiger partial charge is 0.309 e. The van der Waals surface area contributed by atoms with E-state index in [0.717, 1.165) is 0 Å². The molecule has 7 rings (SSSR count). The predicted octanol–water partition coefficient (Wildman–Crippen LogP) is 9.77. The van der Waals surface area contributed by atoms with Gasteiger partial charge in [0.1, 0.15) is 0 Å². The highest BCUT2D eigenvalue weighted by molar-refractivity contribution is 6.06. The van der Waals surface area contributed by atoms with Crippen LogP contribution in [0.1, 0.15) is 25.0 Å². The Morgan fingerprint density at radius 2 is 0.917 bits per heavy atom. The van der Waals surface area contributed by atoms with Gasteiger partial charge in [-0.2, -0.15) is 0 Å². The van der Waals surface area contributed by atoms with Gasteiger partial charge in [-0.25, -0.2) is 0 Å². The summed E-state index contributed by atoms with van der Waals surface area (Å²) in [7, 11) is 0. The minimum atomic E-state index is -0.115. The molecule has 6 aromatic rings. The van der Waals surface area contributed by atoms with Crippen molar-refractivity contribution in [2.24, 2.45) is 0 Å². The fraction of sp³-hybridized carbons (Fsp3) is 0.0857. The van der Waals surface area contributed by atoms with Crippen LogP contribution in [0, 0.1) is 0 Å². The lowest BCUT2D eigenvalue weighted by molar-refractivity contribution is 0.661. The second-order valence-electron chi connectivity index (χ2n) is 10.2. The molecular formula is C35H27N. The molecule has 0 radical (unpaired) electrons. The van der Waals surface area contributed by atoms with Crippen molar-refractivity contribution in [3.8, 4) is 11.1 Å². The SMILES string of the molecule is CC1(C)c2ccccc2-c2cccc(N(c3cccc4ccccc34)c3cccc4ccccc34)c21. The highest BCUT2D eigenvalue weighted by atomic mass is 15.1. The second-order valence-corrected chi connectivity index (χ2v) is 10.2. The third-order valence-corrected chi connectivity index (χ3v) is 7.81. The molecule has 0 fully saturated rings. The van der Waals surface area contributed by atoms with E-state index in [-0.39, 0.29) is 5.41 Å². The topological polar surface area (TPSA) is 3.24 Å². The molecule has 0 saturated heterocycles. The van der Waals surface area contributed by atoms with Gasteiger partial charge in [-0.15, -0.1) is 0 Å². The molecule has 0 aromatic heterocycles. The van der Waals surface area contributed by atoms with Gasteiger partial charge >= 0.3 is 0 Å². The van der Waals surface area contributed by atoms with Gasteiger partial charge in [0.15, 0.2) is 0 Å². The smallest absolute Gasteiger partial charge is 0.0540 e. The first-order valence-corrected chi connectivity index (χ1v) is 12.6. The zero-order chi connectivity index (χ0) is 24.3. The number of anilines is 3. The Labute approximate surface area is 212 Å². The van der Waals surface area contributed by atoms with Crippen molar-refractivity contribution in [1.29, 1.82) is 0 Å². The Balaban J connectivity index is 1.60. The first kappa shape index (κ1) is 21.0. The van der Waals surface area contributed by atoms with Crippen molar-refractivity contribution in [3.05, 3.63) is 139 Å². The van der Waals surface area contributed by atoms with E-state index < -0.39 is 0 Å². The normalized spacial score (nSPS) is 13.5. The molecule has 1 aliphatic rings. The maximum Gasteiger partial charge on any atom is 0.0540 e. The van der Waals surface area contributed by atoms with E-state index in [1.807, 2.05) is 0 Å². The van der Waals surface area contributed by atoms with Gasteiger partial charge in [0.25, 0.3) is 0 Å².